The summed E-state index contributed by atoms with van der Waals surface area (Å²) in [6.07, 6.45) is 7.84. The highest BCUT2D eigenvalue weighted by molar-refractivity contribution is 6.36. The highest BCUT2D eigenvalue weighted by Gasteiger charge is 2.18. The average molecular weight is 286 g/mol. The first kappa shape index (κ1) is 14.0. The molecule has 0 saturated heterocycles. The lowest BCUT2D eigenvalue weighted by Gasteiger charge is -2.19. The van der Waals surface area contributed by atoms with E-state index in [0.29, 0.717) is 11.1 Å². The lowest BCUT2D eigenvalue weighted by Crippen LogP contribution is -2.18. The predicted molar refractivity (Wildman–Crippen MR) is 80.7 cm³/mol. The minimum Gasteiger partial charge on any atom is -0.381 e. The van der Waals surface area contributed by atoms with Crippen LogP contribution in [0.15, 0.2) is 18.2 Å². The van der Waals surface area contributed by atoms with Crippen LogP contribution in [0.25, 0.3) is 0 Å². The molecule has 0 amide bonds. The first-order valence-electron chi connectivity index (χ1n) is 6.90. The van der Waals surface area contributed by atoms with Crippen LogP contribution in [0.1, 0.15) is 45.4 Å². The van der Waals surface area contributed by atoms with Crippen molar-refractivity contribution in [2.24, 2.45) is 5.92 Å². The molecular weight excluding hydrogens is 265 g/mol. The predicted octanol–water partition coefficient (Wildman–Crippen LogP) is 5.76. The molecule has 1 fully saturated rings. The minimum absolute atomic E-state index is 0.556. The molecule has 0 aromatic heterocycles. The third-order valence-corrected chi connectivity index (χ3v) is 4.50. The van der Waals surface area contributed by atoms with Crippen molar-refractivity contribution in [2.45, 2.75) is 51.5 Å². The van der Waals surface area contributed by atoms with Crippen molar-refractivity contribution in [2.75, 3.05) is 5.32 Å². The van der Waals surface area contributed by atoms with Gasteiger partial charge in [-0.15, -0.1) is 0 Å². The van der Waals surface area contributed by atoms with Crippen molar-refractivity contribution < 1.29 is 0 Å². The maximum Gasteiger partial charge on any atom is 0.0652 e. The largest absolute Gasteiger partial charge is 0.381 e. The van der Waals surface area contributed by atoms with Gasteiger partial charge in [0.1, 0.15) is 0 Å². The van der Waals surface area contributed by atoms with E-state index >= 15 is 0 Å². The quantitative estimate of drug-likeness (QED) is 0.696. The first-order chi connectivity index (χ1) is 8.69. The van der Waals surface area contributed by atoms with Crippen LogP contribution < -0.4 is 5.32 Å². The molecule has 100 valence electrons. The van der Waals surface area contributed by atoms with Crippen molar-refractivity contribution in [3.8, 4) is 0 Å². The van der Waals surface area contributed by atoms with Gasteiger partial charge in [-0.25, -0.2) is 0 Å². The topological polar surface area (TPSA) is 12.0 Å². The lowest BCUT2D eigenvalue weighted by atomic mass is 9.98. The molecule has 0 bridgehead atoms. The maximum atomic E-state index is 6.20. The van der Waals surface area contributed by atoms with Gasteiger partial charge in [0, 0.05) is 11.1 Å². The summed E-state index contributed by atoms with van der Waals surface area (Å²) in [5.74, 6) is 0.914. The highest BCUT2D eigenvalue weighted by atomic mass is 35.5. The Bertz CT molecular complexity index is 392. The van der Waals surface area contributed by atoms with Gasteiger partial charge in [-0.05, 0) is 43.4 Å². The molecule has 1 saturated carbocycles. The zero-order valence-corrected chi connectivity index (χ0v) is 12.4. The highest BCUT2D eigenvalue weighted by Crippen LogP contribution is 2.30. The molecule has 3 heteroatoms. The summed E-state index contributed by atoms with van der Waals surface area (Å²) in [4.78, 5) is 0. The molecule has 0 spiro atoms. The molecule has 18 heavy (non-hydrogen) atoms. The number of rotatable bonds is 3. The minimum atomic E-state index is 0.556. The van der Waals surface area contributed by atoms with Crippen LogP contribution >= 0.6 is 23.2 Å². The Morgan fingerprint density at radius 2 is 2.00 bits per heavy atom. The molecule has 1 aromatic rings. The fourth-order valence-corrected chi connectivity index (χ4v) is 3.22. The van der Waals surface area contributed by atoms with E-state index < -0.39 is 0 Å². The second-order valence-corrected chi connectivity index (χ2v) is 6.09. The van der Waals surface area contributed by atoms with Crippen LogP contribution in [0.5, 0.6) is 0 Å². The molecule has 0 radical (unpaired) electrons. The third kappa shape index (κ3) is 3.80. The number of anilines is 1. The van der Waals surface area contributed by atoms with Gasteiger partial charge < -0.3 is 5.32 Å². The Balaban J connectivity index is 1.96. The lowest BCUT2D eigenvalue weighted by molar-refractivity contribution is 0.444. The Hall–Kier alpha value is -0.400. The molecule has 0 heterocycles. The number of nitrogens with one attached hydrogen (secondary N) is 1. The van der Waals surface area contributed by atoms with Gasteiger partial charge in [-0.3, -0.25) is 0 Å². The maximum absolute atomic E-state index is 6.20. The summed E-state index contributed by atoms with van der Waals surface area (Å²) in [5.41, 5.74) is 1.01. The Labute approximate surface area is 120 Å². The van der Waals surface area contributed by atoms with Crippen LogP contribution in [0, 0.1) is 5.92 Å². The van der Waals surface area contributed by atoms with Gasteiger partial charge in [-0.2, -0.15) is 0 Å². The summed E-state index contributed by atoms with van der Waals surface area (Å²) in [6.45, 7) is 2.30. The number of halogens is 2. The van der Waals surface area contributed by atoms with E-state index in [4.69, 9.17) is 23.2 Å². The van der Waals surface area contributed by atoms with Crippen molar-refractivity contribution in [1.29, 1.82) is 0 Å². The van der Waals surface area contributed by atoms with Crippen LogP contribution in [0.2, 0.25) is 10.0 Å². The van der Waals surface area contributed by atoms with Crippen LogP contribution in [0.4, 0.5) is 5.69 Å². The molecule has 1 aliphatic carbocycles. The Morgan fingerprint density at radius 1 is 1.17 bits per heavy atom. The molecule has 2 rings (SSSR count). The number of benzene rings is 1. The second kappa shape index (κ2) is 6.68. The molecular formula is C15H21Cl2N. The second-order valence-electron chi connectivity index (χ2n) is 5.25. The SMILES string of the molecule is CCC1CCCC(Nc2ccc(Cl)cc2Cl)CC1. The molecule has 0 aliphatic heterocycles. The number of hydrogen-bond acceptors (Lipinski definition) is 1. The fourth-order valence-electron chi connectivity index (χ4n) is 2.76. The van der Waals surface area contributed by atoms with Crippen molar-refractivity contribution in [3.63, 3.8) is 0 Å². The van der Waals surface area contributed by atoms with Gasteiger partial charge in [0.05, 0.1) is 10.7 Å². The summed E-state index contributed by atoms with van der Waals surface area (Å²) >= 11 is 12.1. The van der Waals surface area contributed by atoms with E-state index in [0.717, 1.165) is 16.6 Å². The molecule has 2 unspecified atom stereocenters. The molecule has 1 nitrogen and oxygen atoms in total. The van der Waals surface area contributed by atoms with Crippen LogP contribution in [0.3, 0.4) is 0 Å². The zero-order valence-electron chi connectivity index (χ0n) is 10.9. The zero-order chi connectivity index (χ0) is 13.0. The molecule has 1 N–H and O–H groups in total. The van der Waals surface area contributed by atoms with Crippen molar-refractivity contribution in [1.82, 2.24) is 0 Å². The van der Waals surface area contributed by atoms with Gasteiger partial charge in [0.25, 0.3) is 0 Å². The van der Waals surface area contributed by atoms with Crippen LogP contribution in [-0.4, -0.2) is 6.04 Å². The van der Waals surface area contributed by atoms with E-state index in [1.807, 2.05) is 12.1 Å². The van der Waals surface area contributed by atoms with Gasteiger partial charge in [0.2, 0.25) is 0 Å². The van der Waals surface area contributed by atoms with Crippen LogP contribution in [-0.2, 0) is 0 Å². The molecule has 1 aromatic carbocycles. The van der Waals surface area contributed by atoms with Gasteiger partial charge in [0.15, 0.2) is 0 Å². The molecule has 1 aliphatic rings. The summed E-state index contributed by atoms with van der Waals surface area (Å²) in [6, 6.07) is 6.23. The normalized spacial score (nSPS) is 24.6. The third-order valence-electron chi connectivity index (χ3n) is 3.96. The first-order valence-corrected chi connectivity index (χ1v) is 7.66. The standard InChI is InChI=1S/C15H21Cl2N/c1-2-11-4-3-5-13(8-6-11)18-15-9-7-12(16)10-14(15)17/h7,9-11,13,18H,2-6,8H2,1H3. The summed E-state index contributed by atoms with van der Waals surface area (Å²) < 4.78 is 0. The monoisotopic (exact) mass is 285 g/mol. The van der Waals surface area contributed by atoms with Crippen molar-refractivity contribution in [3.05, 3.63) is 28.2 Å². The van der Waals surface area contributed by atoms with E-state index in [2.05, 4.69) is 12.2 Å². The average Bonchev–Trinajstić information content (AvgIpc) is 2.58. The number of hydrogen-bond donors (Lipinski definition) is 1. The van der Waals surface area contributed by atoms with E-state index in [9.17, 15) is 0 Å². The molecule has 2 atom stereocenters. The summed E-state index contributed by atoms with van der Waals surface area (Å²) in [5, 5.41) is 4.98. The van der Waals surface area contributed by atoms with Gasteiger partial charge in [-0.1, -0.05) is 49.4 Å². The Morgan fingerprint density at radius 3 is 2.72 bits per heavy atom. The fraction of sp³-hybridized carbons (Fsp3) is 0.600. The van der Waals surface area contributed by atoms with Gasteiger partial charge >= 0.3 is 0 Å². The van der Waals surface area contributed by atoms with E-state index in [1.165, 1.54) is 38.5 Å². The van der Waals surface area contributed by atoms with E-state index in [1.54, 1.807) is 6.07 Å². The van der Waals surface area contributed by atoms with Crippen molar-refractivity contribution >= 4 is 28.9 Å². The Kier molecular flexibility index (Phi) is 5.20. The summed E-state index contributed by atoms with van der Waals surface area (Å²) in [7, 11) is 0. The van der Waals surface area contributed by atoms with E-state index in [-0.39, 0.29) is 0 Å². The smallest absolute Gasteiger partial charge is 0.0652 e.